The molecule has 7 heteroatoms. The molecule has 4 heterocycles. The van der Waals surface area contributed by atoms with Crippen molar-refractivity contribution in [1.29, 1.82) is 0 Å². The molecule has 5 rings (SSSR count). The van der Waals surface area contributed by atoms with E-state index in [1.807, 2.05) is 28.0 Å². The Labute approximate surface area is 189 Å². The number of carbonyl (C=O) groups is 2. The van der Waals surface area contributed by atoms with Crippen LogP contribution in [0.1, 0.15) is 52.8 Å². The third kappa shape index (κ3) is 4.93. The molecule has 1 fully saturated rings. The topological polar surface area (TPSA) is 83.0 Å². The summed E-state index contributed by atoms with van der Waals surface area (Å²) in [6.07, 6.45) is 7.51. The number of piperidine rings is 1. The Hall–Kier alpha value is -2.93. The Morgan fingerprint density at radius 3 is 2.50 bits per heavy atom. The molecule has 3 aliphatic rings. The molecule has 0 aliphatic carbocycles. The van der Waals surface area contributed by atoms with Gasteiger partial charge in [0.05, 0.1) is 12.1 Å². The van der Waals surface area contributed by atoms with E-state index in [2.05, 4.69) is 4.98 Å². The number of aliphatic hydroxyl groups excluding tert-OH is 1. The normalized spacial score (nSPS) is 19.5. The van der Waals surface area contributed by atoms with Crippen LogP contribution in [-0.2, 0) is 0 Å². The van der Waals surface area contributed by atoms with E-state index in [0.29, 0.717) is 49.7 Å². The first kappa shape index (κ1) is 22.3. The minimum absolute atomic E-state index is 0.0354. The van der Waals surface area contributed by atoms with Crippen LogP contribution in [0.5, 0.6) is 5.75 Å². The Bertz CT molecular complexity index is 926. The summed E-state index contributed by atoms with van der Waals surface area (Å²) >= 11 is 0. The van der Waals surface area contributed by atoms with Crippen molar-refractivity contribution in [2.24, 2.45) is 5.41 Å². The lowest BCUT2D eigenvalue weighted by Gasteiger charge is -2.41. The molecule has 2 amide bonds. The average molecular weight is 438 g/mol. The van der Waals surface area contributed by atoms with Gasteiger partial charge in [0.25, 0.3) is 11.8 Å². The minimum atomic E-state index is -0.146. The molecule has 170 valence electrons. The number of benzene rings is 1. The van der Waals surface area contributed by atoms with Gasteiger partial charge in [0.15, 0.2) is 0 Å². The average Bonchev–Trinajstić information content (AvgIpc) is 2.86. The molecule has 0 radical (unpaired) electrons. The summed E-state index contributed by atoms with van der Waals surface area (Å²) in [7, 11) is 0. The summed E-state index contributed by atoms with van der Waals surface area (Å²) in [6, 6.07) is 10.7. The highest BCUT2D eigenvalue weighted by molar-refractivity contribution is 5.97. The molecule has 0 saturated carbocycles. The van der Waals surface area contributed by atoms with Gasteiger partial charge in [-0.1, -0.05) is 18.6 Å². The number of pyridine rings is 1. The maximum absolute atomic E-state index is 13.2. The van der Waals surface area contributed by atoms with Crippen LogP contribution in [0.2, 0.25) is 0 Å². The molecular formula is C25H31N3O4. The Balaban J connectivity index is 1.57. The second-order valence-electron chi connectivity index (χ2n) is 8.78. The van der Waals surface area contributed by atoms with Crippen LogP contribution < -0.4 is 4.74 Å². The lowest BCUT2D eigenvalue weighted by Crippen LogP contribution is -2.44. The standard InChI is InChI=1S/C25H31N3O4/c29-19-25-9-3-4-14-27(23(30)20-7-12-26-13-8-20)17-18-32-22-6-2-1-5-21(22)24(31)28(15-10-25)16-11-25/h1-2,5-8,12-13,29H,3-4,9-11,14-19H2. The van der Waals surface area contributed by atoms with Gasteiger partial charge < -0.3 is 19.6 Å². The maximum atomic E-state index is 13.2. The van der Waals surface area contributed by atoms with Crippen LogP contribution >= 0.6 is 0 Å². The molecular weight excluding hydrogens is 406 g/mol. The van der Waals surface area contributed by atoms with Gasteiger partial charge in [-0.25, -0.2) is 0 Å². The summed E-state index contributed by atoms with van der Waals surface area (Å²) in [4.78, 5) is 34.0. The molecule has 1 N–H and O–H groups in total. The van der Waals surface area contributed by atoms with Gasteiger partial charge in [-0.05, 0) is 55.4 Å². The van der Waals surface area contributed by atoms with E-state index in [1.54, 1.807) is 30.6 Å². The quantitative estimate of drug-likeness (QED) is 0.781. The van der Waals surface area contributed by atoms with Crippen molar-refractivity contribution in [1.82, 2.24) is 14.8 Å². The van der Waals surface area contributed by atoms with Crippen molar-refractivity contribution in [3.8, 4) is 5.75 Å². The monoisotopic (exact) mass is 437 g/mol. The fraction of sp³-hybridized carbons (Fsp3) is 0.480. The van der Waals surface area contributed by atoms with E-state index in [-0.39, 0.29) is 23.8 Å². The van der Waals surface area contributed by atoms with Crippen LogP contribution in [0.25, 0.3) is 0 Å². The van der Waals surface area contributed by atoms with Crippen molar-refractivity contribution >= 4 is 11.8 Å². The molecule has 3 aliphatic heterocycles. The zero-order valence-electron chi connectivity index (χ0n) is 18.4. The molecule has 1 saturated heterocycles. The van der Waals surface area contributed by atoms with Crippen molar-refractivity contribution < 1.29 is 19.4 Å². The fourth-order valence-corrected chi connectivity index (χ4v) is 4.67. The molecule has 1 aromatic carbocycles. The van der Waals surface area contributed by atoms with E-state index < -0.39 is 0 Å². The first-order valence-electron chi connectivity index (χ1n) is 11.4. The highest BCUT2D eigenvalue weighted by atomic mass is 16.5. The summed E-state index contributed by atoms with van der Waals surface area (Å²) in [5, 5.41) is 10.1. The van der Waals surface area contributed by atoms with Crippen molar-refractivity contribution in [2.45, 2.75) is 32.1 Å². The van der Waals surface area contributed by atoms with Gasteiger partial charge in [-0.2, -0.15) is 0 Å². The van der Waals surface area contributed by atoms with Crippen LogP contribution in [0.4, 0.5) is 0 Å². The molecule has 0 unspecified atom stereocenters. The zero-order chi connectivity index (χ0) is 22.4. The molecule has 1 aromatic heterocycles. The molecule has 2 bridgehead atoms. The van der Waals surface area contributed by atoms with Crippen molar-refractivity contribution in [2.75, 3.05) is 39.4 Å². The highest BCUT2D eigenvalue weighted by Crippen LogP contribution is 2.37. The van der Waals surface area contributed by atoms with Gasteiger partial charge in [0.2, 0.25) is 0 Å². The highest BCUT2D eigenvalue weighted by Gasteiger charge is 2.36. The summed E-state index contributed by atoms with van der Waals surface area (Å²) in [5.74, 6) is 0.461. The van der Waals surface area contributed by atoms with Crippen molar-refractivity contribution in [3.05, 3.63) is 59.9 Å². The first-order valence-corrected chi connectivity index (χ1v) is 11.4. The number of para-hydroxylation sites is 1. The summed E-state index contributed by atoms with van der Waals surface area (Å²) < 4.78 is 6.00. The first-order chi connectivity index (χ1) is 15.6. The number of aromatic nitrogens is 1. The lowest BCUT2D eigenvalue weighted by molar-refractivity contribution is 0.0297. The number of rotatable bonds is 2. The van der Waals surface area contributed by atoms with E-state index in [9.17, 15) is 14.7 Å². The maximum Gasteiger partial charge on any atom is 0.257 e. The van der Waals surface area contributed by atoms with Crippen LogP contribution in [0, 0.1) is 5.41 Å². The summed E-state index contributed by atoms with van der Waals surface area (Å²) in [6.45, 7) is 2.77. The smallest absolute Gasteiger partial charge is 0.257 e. The van der Waals surface area contributed by atoms with Gasteiger partial charge in [0.1, 0.15) is 12.4 Å². The predicted octanol–water partition coefficient (Wildman–Crippen LogP) is 3.00. The number of fused-ring (bicyclic) bond motifs is 9. The number of amides is 2. The second kappa shape index (κ2) is 10.1. The molecule has 32 heavy (non-hydrogen) atoms. The minimum Gasteiger partial charge on any atom is -0.491 e. The summed E-state index contributed by atoms with van der Waals surface area (Å²) in [5.41, 5.74) is 1.00. The van der Waals surface area contributed by atoms with E-state index in [0.717, 1.165) is 32.1 Å². The largest absolute Gasteiger partial charge is 0.491 e. The van der Waals surface area contributed by atoms with E-state index >= 15 is 0 Å². The van der Waals surface area contributed by atoms with Crippen LogP contribution in [0.15, 0.2) is 48.8 Å². The molecule has 7 nitrogen and oxygen atoms in total. The Morgan fingerprint density at radius 1 is 1.00 bits per heavy atom. The van der Waals surface area contributed by atoms with Gasteiger partial charge >= 0.3 is 0 Å². The third-order valence-electron chi connectivity index (χ3n) is 6.78. The van der Waals surface area contributed by atoms with Gasteiger partial charge in [-0.15, -0.1) is 0 Å². The zero-order valence-corrected chi connectivity index (χ0v) is 18.4. The van der Waals surface area contributed by atoms with Crippen LogP contribution in [0.3, 0.4) is 0 Å². The SMILES string of the molecule is O=C(c1ccncc1)N1CCCCC2(CO)CCN(CC2)C(=O)c2ccccc2OCC1. The number of aliphatic hydroxyl groups is 1. The molecule has 0 atom stereocenters. The number of hydrogen-bond acceptors (Lipinski definition) is 5. The fourth-order valence-electron chi connectivity index (χ4n) is 4.67. The molecule has 0 spiro atoms. The molecule has 2 aromatic rings. The predicted molar refractivity (Wildman–Crippen MR) is 121 cm³/mol. The third-order valence-corrected chi connectivity index (χ3v) is 6.78. The van der Waals surface area contributed by atoms with E-state index in [1.165, 1.54) is 0 Å². The van der Waals surface area contributed by atoms with Gasteiger partial charge in [-0.3, -0.25) is 14.6 Å². The van der Waals surface area contributed by atoms with E-state index in [4.69, 9.17) is 4.74 Å². The Morgan fingerprint density at radius 2 is 1.75 bits per heavy atom. The number of hydrogen-bond donors (Lipinski definition) is 1. The Kier molecular flexibility index (Phi) is 7.05. The van der Waals surface area contributed by atoms with Gasteiger partial charge in [0, 0.05) is 44.2 Å². The van der Waals surface area contributed by atoms with Crippen molar-refractivity contribution in [3.63, 3.8) is 0 Å². The number of carbonyl (C=O) groups excluding carboxylic acids is 2. The second-order valence-corrected chi connectivity index (χ2v) is 8.78. The number of ether oxygens (including phenoxy) is 1. The lowest BCUT2D eigenvalue weighted by atomic mass is 9.75. The number of nitrogens with zero attached hydrogens (tertiary/aromatic N) is 3. The van der Waals surface area contributed by atoms with Crippen LogP contribution in [-0.4, -0.2) is 71.1 Å².